The second-order valence-corrected chi connectivity index (χ2v) is 8.84. The molecular formula is C16H25O3PS. The van der Waals surface area contributed by atoms with Gasteiger partial charge in [-0.3, -0.25) is 4.55 Å². The van der Waals surface area contributed by atoms with E-state index in [1.54, 1.807) is 12.1 Å². The summed E-state index contributed by atoms with van der Waals surface area (Å²) in [5.41, 5.74) is 1.69. The summed E-state index contributed by atoms with van der Waals surface area (Å²) >= 11 is 0. The molecule has 1 aliphatic carbocycles. The van der Waals surface area contributed by atoms with E-state index in [4.69, 9.17) is 0 Å². The predicted octanol–water partition coefficient (Wildman–Crippen LogP) is 3.91. The van der Waals surface area contributed by atoms with Crippen LogP contribution < -0.4 is 5.30 Å². The highest BCUT2D eigenvalue weighted by Crippen LogP contribution is 2.35. The van der Waals surface area contributed by atoms with Crippen molar-refractivity contribution in [3.8, 4) is 0 Å². The van der Waals surface area contributed by atoms with Gasteiger partial charge in [-0.05, 0) is 48.3 Å². The third-order valence-corrected chi connectivity index (χ3v) is 7.09. The molecule has 1 unspecified atom stereocenters. The van der Waals surface area contributed by atoms with Crippen LogP contribution in [0.5, 0.6) is 0 Å². The van der Waals surface area contributed by atoms with Crippen molar-refractivity contribution in [3.63, 3.8) is 0 Å². The fourth-order valence-corrected chi connectivity index (χ4v) is 5.91. The van der Waals surface area contributed by atoms with E-state index in [0.717, 1.165) is 30.1 Å². The molecule has 1 aliphatic rings. The summed E-state index contributed by atoms with van der Waals surface area (Å²) < 4.78 is 32.9. The third kappa shape index (κ3) is 4.77. The van der Waals surface area contributed by atoms with Gasteiger partial charge in [0, 0.05) is 0 Å². The molecule has 1 aromatic carbocycles. The maximum absolute atomic E-state index is 11.7. The van der Waals surface area contributed by atoms with E-state index >= 15 is 0 Å². The van der Waals surface area contributed by atoms with Gasteiger partial charge in [0.15, 0.2) is 0 Å². The average Bonchev–Trinajstić information content (AvgIpc) is 2.46. The molecule has 0 bridgehead atoms. The lowest BCUT2D eigenvalue weighted by Gasteiger charge is -2.24. The Kier molecular flexibility index (Phi) is 6.21. The average molecular weight is 328 g/mol. The van der Waals surface area contributed by atoms with Crippen molar-refractivity contribution in [3.05, 3.63) is 23.8 Å². The zero-order chi connectivity index (χ0) is 15.3. The molecule has 0 spiro atoms. The Morgan fingerprint density at radius 2 is 1.95 bits per heavy atom. The molecule has 1 N–H and O–H groups in total. The summed E-state index contributed by atoms with van der Waals surface area (Å²) in [5, 5.41) is 0.889. The fraction of sp³-hybridized carbons (Fsp3) is 0.625. The zero-order valence-electron chi connectivity index (χ0n) is 12.6. The summed E-state index contributed by atoms with van der Waals surface area (Å²) in [5.74, 6) is 0. The summed E-state index contributed by atoms with van der Waals surface area (Å²) in [6, 6.07) is 5.33. The molecule has 0 aromatic heterocycles. The van der Waals surface area contributed by atoms with E-state index in [1.165, 1.54) is 32.1 Å². The molecule has 118 valence electrons. The van der Waals surface area contributed by atoms with Gasteiger partial charge in [0.05, 0.1) is 0 Å². The largest absolute Gasteiger partial charge is 0.295 e. The molecule has 3 nitrogen and oxygen atoms in total. The van der Waals surface area contributed by atoms with Gasteiger partial charge in [0.2, 0.25) is 0 Å². The van der Waals surface area contributed by atoms with Crippen molar-refractivity contribution in [2.24, 2.45) is 0 Å². The van der Waals surface area contributed by atoms with Crippen LogP contribution in [0.15, 0.2) is 23.1 Å². The monoisotopic (exact) mass is 328 g/mol. The van der Waals surface area contributed by atoms with Gasteiger partial charge < -0.3 is 0 Å². The first kappa shape index (κ1) is 16.9. The highest BCUT2D eigenvalue weighted by atomic mass is 32.2. The quantitative estimate of drug-likeness (QED) is 0.636. The van der Waals surface area contributed by atoms with Crippen molar-refractivity contribution < 1.29 is 13.0 Å². The highest BCUT2D eigenvalue weighted by Gasteiger charge is 2.22. The molecule has 1 atom stereocenters. The van der Waals surface area contributed by atoms with Crippen LogP contribution in [0.25, 0.3) is 0 Å². The first-order chi connectivity index (χ1) is 10.0. The Labute approximate surface area is 130 Å². The van der Waals surface area contributed by atoms with Gasteiger partial charge in [-0.1, -0.05) is 53.3 Å². The zero-order valence-corrected chi connectivity index (χ0v) is 14.5. The Hall–Kier alpha value is -0.440. The number of hydrogen-bond donors (Lipinski definition) is 1. The summed E-state index contributed by atoms with van der Waals surface area (Å²) in [6.45, 7) is 2.13. The number of benzene rings is 1. The topological polar surface area (TPSA) is 54.4 Å². The minimum atomic E-state index is -4.12. The van der Waals surface area contributed by atoms with Gasteiger partial charge in [0.1, 0.15) is 4.90 Å². The smallest absolute Gasteiger partial charge is 0.282 e. The van der Waals surface area contributed by atoms with Crippen LogP contribution in [-0.2, 0) is 16.5 Å². The van der Waals surface area contributed by atoms with Gasteiger partial charge >= 0.3 is 0 Å². The lowest BCUT2D eigenvalue weighted by Crippen LogP contribution is -2.19. The van der Waals surface area contributed by atoms with E-state index in [-0.39, 0.29) is 4.90 Å². The van der Waals surface area contributed by atoms with Crippen LogP contribution in [-0.4, -0.2) is 18.6 Å². The standard InChI is InChI=1S/C16H25O3PS/c1-2-3-8-13-9-7-12-15(21(17,18)19)16(13)20-14-10-5-4-6-11-14/h7,9,12,14,20H,2-6,8,10-11H2,1H3,(H,17,18,19). The van der Waals surface area contributed by atoms with Crippen LogP contribution >= 0.6 is 8.58 Å². The van der Waals surface area contributed by atoms with E-state index in [2.05, 4.69) is 6.92 Å². The highest BCUT2D eigenvalue weighted by molar-refractivity contribution is 7.86. The molecule has 2 rings (SSSR count). The van der Waals surface area contributed by atoms with Crippen LogP contribution in [0.1, 0.15) is 57.4 Å². The van der Waals surface area contributed by atoms with E-state index in [9.17, 15) is 13.0 Å². The molecule has 21 heavy (non-hydrogen) atoms. The molecule has 1 fully saturated rings. The third-order valence-electron chi connectivity index (χ3n) is 4.14. The minimum Gasteiger partial charge on any atom is -0.282 e. The predicted molar refractivity (Wildman–Crippen MR) is 89.7 cm³/mol. The maximum Gasteiger partial charge on any atom is 0.295 e. The summed E-state index contributed by atoms with van der Waals surface area (Å²) in [4.78, 5) is 0.139. The first-order valence-electron chi connectivity index (χ1n) is 7.88. The van der Waals surface area contributed by atoms with Crippen molar-refractivity contribution in [2.45, 2.75) is 68.8 Å². The molecule has 0 aliphatic heterocycles. The SMILES string of the molecule is CCCCc1cccc(S(=O)(=O)O)c1PC1CCCCC1. The van der Waals surface area contributed by atoms with Crippen LogP contribution in [0.4, 0.5) is 0 Å². The number of hydrogen-bond acceptors (Lipinski definition) is 2. The van der Waals surface area contributed by atoms with Crippen LogP contribution in [0.2, 0.25) is 0 Å². The molecule has 5 heteroatoms. The Balaban J connectivity index is 2.32. The Morgan fingerprint density at radius 1 is 1.24 bits per heavy atom. The maximum atomic E-state index is 11.7. The molecule has 1 saturated carbocycles. The molecular weight excluding hydrogens is 303 g/mol. The van der Waals surface area contributed by atoms with E-state index in [0.29, 0.717) is 14.2 Å². The lowest BCUT2D eigenvalue weighted by molar-refractivity contribution is 0.483. The molecule has 0 radical (unpaired) electrons. The van der Waals surface area contributed by atoms with Crippen molar-refractivity contribution in [1.29, 1.82) is 0 Å². The van der Waals surface area contributed by atoms with Crippen molar-refractivity contribution >= 4 is 24.0 Å². The molecule has 0 heterocycles. The summed E-state index contributed by atoms with van der Waals surface area (Å²) in [7, 11) is -3.63. The Bertz CT molecular complexity index is 563. The first-order valence-corrected chi connectivity index (χ1v) is 10.4. The second kappa shape index (κ2) is 7.71. The van der Waals surface area contributed by atoms with Gasteiger partial charge in [-0.25, -0.2) is 0 Å². The number of unbranched alkanes of at least 4 members (excludes halogenated alkanes) is 1. The van der Waals surface area contributed by atoms with Gasteiger partial charge in [-0.2, -0.15) is 8.42 Å². The van der Waals surface area contributed by atoms with Gasteiger partial charge in [0.25, 0.3) is 10.1 Å². The van der Waals surface area contributed by atoms with Crippen molar-refractivity contribution in [1.82, 2.24) is 0 Å². The molecule has 1 aromatic rings. The number of rotatable bonds is 6. The van der Waals surface area contributed by atoms with E-state index in [1.807, 2.05) is 6.07 Å². The van der Waals surface area contributed by atoms with Gasteiger partial charge in [-0.15, -0.1) is 0 Å². The normalized spacial score (nSPS) is 17.6. The number of aryl methyl sites for hydroxylation is 1. The van der Waals surface area contributed by atoms with E-state index < -0.39 is 10.1 Å². The fourth-order valence-electron chi connectivity index (χ4n) is 2.98. The molecule has 0 amide bonds. The van der Waals surface area contributed by atoms with Crippen LogP contribution in [0, 0.1) is 0 Å². The Morgan fingerprint density at radius 3 is 2.57 bits per heavy atom. The minimum absolute atomic E-state index is 0.139. The van der Waals surface area contributed by atoms with Crippen LogP contribution in [0.3, 0.4) is 0 Å². The second-order valence-electron chi connectivity index (χ2n) is 5.85. The lowest BCUT2D eigenvalue weighted by atomic mass is 10.0. The van der Waals surface area contributed by atoms with Crippen molar-refractivity contribution in [2.75, 3.05) is 0 Å². The molecule has 0 saturated heterocycles. The summed E-state index contributed by atoms with van der Waals surface area (Å²) in [6.07, 6.45) is 9.20.